The molecule has 32 heavy (non-hydrogen) atoms. The quantitative estimate of drug-likeness (QED) is 0.753. The summed E-state index contributed by atoms with van der Waals surface area (Å²) in [6.45, 7) is 3.97. The predicted molar refractivity (Wildman–Crippen MR) is 123 cm³/mol. The molecule has 1 N–H and O–H groups in total. The maximum absolute atomic E-state index is 12.2. The number of nitrogens with zero attached hydrogens (tertiary/aromatic N) is 4. The molecule has 0 aromatic carbocycles. The molecule has 1 saturated carbocycles. The summed E-state index contributed by atoms with van der Waals surface area (Å²) in [5, 5.41) is 2.36. The van der Waals surface area contributed by atoms with Gasteiger partial charge in [-0.2, -0.15) is 0 Å². The van der Waals surface area contributed by atoms with Gasteiger partial charge in [-0.05, 0) is 56.8 Å². The van der Waals surface area contributed by atoms with Crippen molar-refractivity contribution >= 4 is 23.4 Å². The van der Waals surface area contributed by atoms with Crippen molar-refractivity contribution in [3.05, 3.63) is 30.1 Å². The predicted octanol–water partition coefficient (Wildman–Crippen LogP) is 3.42. The van der Waals surface area contributed by atoms with E-state index in [-0.39, 0.29) is 5.91 Å². The molecule has 4 heterocycles. The summed E-state index contributed by atoms with van der Waals surface area (Å²) in [5.74, 6) is 8.62. The van der Waals surface area contributed by atoms with E-state index in [4.69, 9.17) is 0 Å². The van der Waals surface area contributed by atoms with Crippen LogP contribution in [-0.4, -0.2) is 52.4 Å². The summed E-state index contributed by atoms with van der Waals surface area (Å²) < 4.78 is 1.87. The van der Waals surface area contributed by atoms with Crippen LogP contribution in [-0.2, 0) is 4.79 Å². The van der Waals surface area contributed by atoms with Gasteiger partial charge in [0.1, 0.15) is 11.5 Å². The van der Waals surface area contributed by atoms with Crippen molar-refractivity contribution in [1.82, 2.24) is 19.6 Å². The highest BCUT2D eigenvalue weighted by molar-refractivity contribution is 6.05. The molecule has 2 aliphatic heterocycles. The van der Waals surface area contributed by atoms with Crippen LogP contribution in [0.3, 0.4) is 0 Å². The van der Waals surface area contributed by atoms with E-state index < -0.39 is 6.03 Å². The first-order chi connectivity index (χ1) is 15.7. The minimum absolute atomic E-state index is 0.238. The number of imide groups is 1. The summed E-state index contributed by atoms with van der Waals surface area (Å²) in [7, 11) is 0. The molecule has 5 rings (SSSR count). The Labute approximate surface area is 189 Å². The largest absolute Gasteiger partial charge is 0.329 e. The Hall–Kier alpha value is -2.85. The molecule has 0 bridgehead atoms. The highest BCUT2D eigenvalue weighted by Gasteiger charge is 2.26. The lowest BCUT2D eigenvalue weighted by Crippen LogP contribution is -2.50. The Morgan fingerprint density at radius 2 is 1.88 bits per heavy atom. The normalized spacial score (nSPS) is 21.4. The first-order valence-electron chi connectivity index (χ1n) is 12.0. The van der Waals surface area contributed by atoms with E-state index in [9.17, 15) is 9.59 Å². The van der Waals surface area contributed by atoms with Crippen LogP contribution < -0.4 is 10.2 Å². The van der Waals surface area contributed by atoms with Gasteiger partial charge in [-0.15, -0.1) is 0 Å². The van der Waals surface area contributed by atoms with E-state index in [1.807, 2.05) is 22.7 Å². The van der Waals surface area contributed by atoms with Crippen LogP contribution >= 0.6 is 0 Å². The molecule has 168 valence electrons. The average molecular weight is 434 g/mol. The number of carbonyl (C=O) groups excluding carboxylic acids is 2. The number of amides is 3. The number of pyridine rings is 1. The van der Waals surface area contributed by atoms with E-state index in [1.54, 1.807) is 11.1 Å². The number of anilines is 1. The molecular weight excluding hydrogens is 402 g/mol. The van der Waals surface area contributed by atoms with Crippen LogP contribution in [0.2, 0.25) is 0 Å². The smallest absolute Gasteiger partial charge is 0.303 e. The molecule has 0 spiro atoms. The molecule has 1 aliphatic carbocycles. The number of urea groups is 1. The third-order valence-electron chi connectivity index (χ3n) is 7.07. The Bertz CT molecular complexity index is 1050. The van der Waals surface area contributed by atoms with Crippen LogP contribution in [0.4, 0.5) is 10.6 Å². The summed E-state index contributed by atoms with van der Waals surface area (Å²) in [6, 6.07) is 3.53. The molecule has 7 heteroatoms. The first-order valence-corrected chi connectivity index (χ1v) is 12.0. The van der Waals surface area contributed by atoms with Crippen LogP contribution in [0.5, 0.6) is 0 Å². The SMILES string of the molecule is O=C1CCN(c2cnc3cc(C#CC4CCN(CC5CCCCC5)CC4)ccn23)C(=O)N1. The van der Waals surface area contributed by atoms with Crippen molar-refractivity contribution in [1.29, 1.82) is 0 Å². The van der Waals surface area contributed by atoms with Gasteiger partial charge < -0.3 is 4.90 Å². The maximum atomic E-state index is 12.2. The molecule has 2 aromatic heterocycles. The van der Waals surface area contributed by atoms with Crippen molar-refractivity contribution in [3.63, 3.8) is 0 Å². The summed E-state index contributed by atoms with van der Waals surface area (Å²) >= 11 is 0. The first kappa shape index (κ1) is 21.0. The van der Waals surface area contributed by atoms with Crippen molar-refractivity contribution in [2.24, 2.45) is 11.8 Å². The minimum atomic E-state index is -0.401. The van der Waals surface area contributed by atoms with Crippen LogP contribution in [0.25, 0.3) is 5.65 Å². The number of carbonyl (C=O) groups is 2. The second kappa shape index (κ2) is 9.33. The third kappa shape index (κ3) is 4.66. The number of hydrogen-bond donors (Lipinski definition) is 1. The van der Waals surface area contributed by atoms with E-state index in [0.717, 1.165) is 30.0 Å². The number of nitrogens with one attached hydrogen (secondary N) is 1. The van der Waals surface area contributed by atoms with Crippen LogP contribution in [0, 0.1) is 23.7 Å². The highest BCUT2D eigenvalue weighted by Crippen LogP contribution is 2.26. The number of rotatable bonds is 3. The van der Waals surface area contributed by atoms with Gasteiger partial charge in [0.15, 0.2) is 0 Å². The van der Waals surface area contributed by atoms with Crippen LogP contribution in [0.1, 0.15) is 56.9 Å². The van der Waals surface area contributed by atoms with Gasteiger partial charge in [-0.3, -0.25) is 19.4 Å². The molecule has 3 amide bonds. The second-order valence-corrected chi connectivity index (χ2v) is 9.36. The second-order valence-electron chi connectivity index (χ2n) is 9.36. The van der Waals surface area contributed by atoms with Gasteiger partial charge in [-0.1, -0.05) is 31.1 Å². The Balaban J connectivity index is 1.20. The molecule has 2 aromatic rings. The number of likely N-dealkylation sites (tertiary alicyclic amines) is 1. The Morgan fingerprint density at radius 3 is 2.66 bits per heavy atom. The van der Waals surface area contributed by atoms with E-state index in [0.29, 0.717) is 24.7 Å². The zero-order valence-corrected chi connectivity index (χ0v) is 18.6. The zero-order valence-electron chi connectivity index (χ0n) is 18.6. The summed E-state index contributed by atoms with van der Waals surface area (Å²) in [5.41, 5.74) is 1.69. The van der Waals surface area contributed by atoms with Gasteiger partial charge in [0, 0.05) is 37.2 Å². The maximum Gasteiger partial charge on any atom is 0.329 e. The van der Waals surface area contributed by atoms with Gasteiger partial charge in [0.05, 0.1) is 6.20 Å². The lowest BCUT2D eigenvalue weighted by atomic mass is 9.88. The molecule has 3 fully saturated rings. The fraction of sp³-hybridized carbons (Fsp3) is 0.560. The van der Waals surface area contributed by atoms with Crippen molar-refractivity contribution in [2.45, 2.75) is 51.4 Å². The number of fused-ring (bicyclic) bond motifs is 1. The standard InChI is InChI=1S/C25H31N5O2/c31-23-11-15-30(25(32)27-23)24-17-26-22-16-20(10-14-29(22)24)7-6-19-8-12-28(13-9-19)18-21-4-2-1-3-5-21/h10,14,16-17,19,21H,1-5,8-9,11-13,15,18H2,(H,27,31,32). The van der Waals surface area contributed by atoms with E-state index in [2.05, 4.69) is 27.0 Å². The topological polar surface area (TPSA) is 70.0 Å². The van der Waals surface area contributed by atoms with Crippen molar-refractivity contribution < 1.29 is 9.59 Å². The highest BCUT2D eigenvalue weighted by atomic mass is 16.2. The molecule has 3 aliphatic rings. The number of hydrogen-bond acceptors (Lipinski definition) is 4. The summed E-state index contributed by atoms with van der Waals surface area (Å²) in [4.78, 5) is 32.2. The van der Waals surface area contributed by atoms with Gasteiger partial charge in [0.2, 0.25) is 5.91 Å². The van der Waals surface area contributed by atoms with Crippen LogP contribution in [0.15, 0.2) is 24.5 Å². The molecule has 0 atom stereocenters. The lowest BCUT2D eigenvalue weighted by Gasteiger charge is -2.34. The van der Waals surface area contributed by atoms with Gasteiger partial charge in [0.25, 0.3) is 0 Å². The number of aromatic nitrogens is 2. The fourth-order valence-electron chi connectivity index (χ4n) is 5.21. The minimum Gasteiger partial charge on any atom is -0.303 e. The van der Waals surface area contributed by atoms with Gasteiger partial charge >= 0.3 is 6.03 Å². The van der Waals surface area contributed by atoms with Crippen molar-refractivity contribution in [3.8, 4) is 11.8 Å². The average Bonchev–Trinajstić information content (AvgIpc) is 3.22. The Kier molecular flexibility index (Phi) is 6.13. The molecule has 0 unspecified atom stereocenters. The Morgan fingerprint density at radius 1 is 1.06 bits per heavy atom. The van der Waals surface area contributed by atoms with E-state index >= 15 is 0 Å². The zero-order chi connectivity index (χ0) is 21.9. The van der Waals surface area contributed by atoms with E-state index in [1.165, 1.54) is 51.7 Å². The van der Waals surface area contributed by atoms with Gasteiger partial charge in [-0.25, -0.2) is 9.78 Å². The number of piperidine rings is 1. The molecule has 7 nitrogen and oxygen atoms in total. The third-order valence-corrected chi connectivity index (χ3v) is 7.07. The lowest BCUT2D eigenvalue weighted by molar-refractivity contribution is -0.120. The summed E-state index contributed by atoms with van der Waals surface area (Å²) in [6.07, 6.45) is 13.3. The number of imidazole rings is 1. The molecule has 2 saturated heterocycles. The molecular formula is C25H31N5O2. The fourth-order valence-corrected chi connectivity index (χ4v) is 5.21. The van der Waals surface area contributed by atoms with Crippen molar-refractivity contribution in [2.75, 3.05) is 31.1 Å². The molecule has 0 radical (unpaired) electrons. The monoisotopic (exact) mass is 433 g/mol.